The summed E-state index contributed by atoms with van der Waals surface area (Å²) in [6, 6.07) is 3.10. The molecule has 2 heterocycles. The second-order valence-corrected chi connectivity index (χ2v) is 5.00. The van der Waals surface area contributed by atoms with E-state index in [4.69, 9.17) is 0 Å². The van der Waals surface area contributed by atoms with E-state index in [0.29, 0.717) is 5.82 Å². The van der Waals surface area contributed by atoms with E-state index in [-0.39, 0.29) is 18.5 Å². The van der Waals surface area contributed by atoms with Crippen LogP contribution < -0.4 is 0 Å². The van der Waals surface area contributed by atoms with E-state index in [1.54, 1.807) is 0 Å². The summed E-state index contributed by atoms with van der Waals surface area (Å²) < 4.78 is 66.4. The number of halogens is 5. The molecule has 0 spiro atoms. The first-order valence-electron chi connectivity index (χ1n) is 6.25. The lowest BCUT2D eigenvalue weighted by Gasteiger charge is -2.30. The van der Waals surface area contributed by atoms with Crippen LogP contribution in [0.5, 0.6) is 0 Å². The lowest BCUT2D eigenvalue weighted by molar-refractivity contribution is -0.184. The summed E-state index contributed by atoms with van der Waals surface area (Å²) in [6.45, 7) is -0.307. The fourth-order valence-electron chi connectivity index (χ4n) is 2.61. The molecule has 3 rings (SSSR count). The van der Waals surface area contributed by atoms with Gasteiger partial charge >= 0.3 is 6.18 Å². The summed E-state index contributed by atoms with van der Waals surface area (Å²) in [5.74, 6) is -4.15. The number of aromatic nitrogens is 3. The van der Waals surface area contributed by atoms with Gasteiger partial charge in [0.1, 0.15) is 12.2 Å². The second-order valence-electron chi connectivity index (χ2n) is 5.00. The third-order valence-electron chi connectivity index (χ3n) is 3.68. The molecule has 3 nitrogen and oxygen atoms in total. The Hall–Kier alpha value is -1.99. The Morgan fingerprint density at radius 1 is 1.14 bits per heavy atom. The Labute approximate surface area is 116 Å². The first-order valence-corrected chi connectivity index (χ1v) is 6.25. The predicted octanol–water partition coefficient (Wildman–Crippen LogP) is 3.27. The normalized spacial score (nSPS) is 22.1. The van der Waals surface area contributed by atoms with Crippen molar-refractivity contribution in [3.05, 3.63) is 47.5 Å². The molecule has 1 aliphatic rings. The maximum absolute atomic E-state index is 13.3. The van der Waals surface area contributed by atoms with Gasteiger partial charge < -0.3 is 0 Å². The maximum Gasteiger partial charge on any atom is 0.393 e. The monoisotopic (exact) mass is 303 g/mol. The molecule has 0 N–H and O–H groups in total. The molecule has 2 aromatic rings. The minimum Gasteiger partial charge on any atom is -0.249 e. The fourth-order valence-corrected chi connectivity index (χ4v) is 2.61. The van der Waals surface area contributed by atoms with Crippen molar-refractivity contribution in [2.75, 3.05) is 0 Å². The van der Waals surface area contributed by atoms with Gasteiger partial charge in [0.2, 0.25) is 0 Å². The van der Waals surface area contributed by atoms with Gasteiger partial charge in [-0.3, -0.25) is 0 Å². The molecule has 0 saturated heterocycles. The summed E-state index contributed by atoms with van der Waals surface area (Å²) >= 11 is 0. The third kappa shape index (κ3) is 2.50. The Bertz CT molecular complexity index is 664. The highest BCUT2D eigenvalue weighted by Crippen LogP contribution is 2.41. The lowest BCUT2D eigenvalue weighted by Crippen LogP contribution is -2.35. The zero-order valence-corrected chi connectivity index (χ0v) is 10.6. The fraction of sp³-hybridized carbons (Fsp3) is 0.385. The van der Waals surface area contributed by atoms with Crippen LogP contribution in [-0.2, 0) is 6.54 Å². The molecular formula is C13H10F5N3. The first kappa shape index (κ1) is 14.0. The van der Waals surface area contributed by atoms with Crippen molar-refractivity contribution in [3.63, 3.8) is 0 Å². The van der Waals surface area contributed by atoms with Gasteiger partial charge in [-0.2, -0.15) is 18.3 Å². The first-order chi connectivity index (χ1) is 9.86. The van der Waals surface area contributed by atoms with Gasteiger partial charge in [0.25, 0.3) is 0 Å². The zero-order chi connectivity index (χ0) is 15.2. The Balaban J connectivity index is 2.03. The van der Waals surface area contributed by atoms with E-state index in [1.165, 1.54) is 17.1 Å². The number of hydrogen-bond donors (Lipinski definition) is 0. The second kappa shape index (κ2) is 4.78. The van der Waals surface area contributed by atoms with Crippen LogP contribution in [0.4, 0.5) is 22.0 Å². The molecule has 1 aliphatic heterocycles. The van der Waals surface area contributed by atoms with Crippen LogP contribution in [0, 0.1) is 17.6 Å². The number of nitrogens with zero attached hydrogens (tertiary/aromatic N) is 3. The third-order valence-corrected chi connectivity index (χ3v) is 3.68. The van der Waals surface area contributed by atoms with Crippen molar-refractivity contribution >= 4 is 0 Å². The predicted molar refractivity (Wildman–Crippen MR) is 62.4 cm³/mol. The number of fused-ring (bicyclic) bond motifs is 1. The highest BCUT2D eigenvalue weighted by Gasteiger charge is 2.45. The van der Waals surface area contributed by atoms with E-state index >= 15 is 0 Å². The van der Waals surface area contributed by atoms with Crippen molar-refractivity contribution < 1.29 is 22.0 Å². The summed E-state index contributed by atoms with van der Waals surface area (Å²) in [7, 11) is 0. The summed E-state index contributed by atoms with van der Waals surface area (Å²) in [5.41, 5.74) is 0.261. The van der Waals surface area contributed by atoms with Crippen molar-refractivity contribution in [3.8, 4) is 0 Å². The van der Waals surface area contributed by atoms with Crippen LogP contribution in [0.1, 0.15) is 23.7 Å². The zero-order valence-electron chi connectivity index (χ0n) is 10.6. The van der Waals surface area contributed by atoms with Crippen LogP contribution in [0.3, 0.4) is 0 Å². The van der Waals surface area contributed by atoms with Crippen molar-refractivity contribution in [1.82, 2.24) is 14.8 Å². The van der Waals surface area contributed by atoms with Gasteiger partial charge in [0.05, 0.1) is 12.5 Å². The molecule has 0 aliphatic carbocycles. The van der Waals surface area contributed by atoms with Crippen LogP contribution in [0.2, 0.25) is 0 Å². The average Bonchev–Trinajstić information content (AvgIpc) is 2.88. The SMILES string of the molecule is Fc1ccc(C2CC(C(F)(F)F)Cn3ncnc32)cc1F. The molecule has 0 fully saturated rings. The van der Waals surface area contributed by atoms with E-state index in [2.05, 4.69) is 10.1 Å². The van der Waals surface area contributed by atoms with Crippen LogP contribution in [-0.4, -0.2) is 20.9 Å². The molecule has 0 saturated carbocycles. The average molecular weight is 303 g/mol. The Morgan fingerprint density at radius 2 is 1.90 bits per heavy atom. The summed E-state index contributed by atoms with van der Waals surface area (Å²) in [5, 5.41) is 3.77. The van der Waals surface area contributed by atoms with Gasteiger partial charge in [0.15, 0.2) is 11.6 Å². The topological polar surface area (TPSA) is 30.7 Å². The van der Waals surface area contributed by atoms with Crippen molar-refractivity contribution in [2.45, 2.75) is 25.1 Å². The van der Waals surface area contributed by atoms with Gasteiger partial charge in [-0.25, -0.2) is 18.4 Å². The minimum absolute atomic E-state index is 0.257. The molecule has 21 heavy (non-hydrogen) atoms. The van der Waals surface area contributed by atoms with E-state index < -0.39 is 29.6 Å². The summed E-state index contributed by atoms with van der Waals surface area (Å²) in [6.07, 6.45) is -3.46. The standard InChI is InChI=1S/C13H10F5N3/c14-10-2-1-7(3-11(10)15)9-4-8(13(16,17)18)5-21-12(9)19-6-20-21/h1-3,6,8-9H,4-5H2. The van der Waals surface area contributed by atoms with Crippen LogP contribution >= 0.6 is 0 Å². The highest BCUT2D eigenvalue weighted by molar-refractivity contribution is 5.28. The molecule has 2 unspecified atom stereocenters. The van der Waals surface area contributed by atoms with E-state index in [1.807, 2.05) is 0 Å². The molecule has 1 aromatic heterocycles. The largest absolute Gasteiger partial charge is 0.393 e. The van der Waals surface area contributed by atoms with Gasteiger partial charge in [0, 0.05) is 5.92 Å². The number of hydrogen-bond acceptors (Lipinski definition) is 2. The van der Waals surface area contributed by atoms with Crippen molar-refractivity contribution in [1.29, 1.82) is 0 Å². The number of benzene rings is 1. The molecule has 2 atom stereocenters. The molecular weight excluding hydrogens is 293 g/mol. The number of rotatable bonds is 1. The molecule has 1 aromatic carbocycles. The van der Waals surface area contributed by atoms with Gasteiger partial charge in [-0.1, -0.05) is 6.07 Å². The van der Waals surface area contributed by atoms with Gasteiger partial charge in [-0.15, -0.1) is 0 Å². The minimum atomic E-state index is -4.37. The molecule has 112 valence electrons. The molecule has 0 bridgehead atoms. The highest BCUT2D eigenvalue weighted by atomic mass is 19.4. The molecule has 8 heteroatoms. The molecule has 0 amide bonds. The summed E-state index contributed by atoms with van der Waals surface area (Å²) in [4.78, 5) is 3.95. The quantitative estimate of drug-likeness (QED) is 0.757. The lowest BCUT2D eigenvalue weighted by atomic mass is 9.85. The van der Waals surface area contributed by atoms with E-state index in [0.717, 1.165) is 12.1 Å². The maximum atomic E-state index is 13.3. The van der Waals surface area contributed by atoms with E-state index in [9.17, 15) is 22.0 Å². The van der Waals surface area contributed by atoms with Crippen LogP contribution in [0.25, 0.3) is 0 Å². The Morgan fingerprint density at radius 3 is 2.57 bits per heavy atom. The molecule has 0 radical (unpaired) electrons. The van der Waals surface area contributed by atoms with Gasteiger partial charge in [-0.05, 0) is 24.1 Å². The van der Waals surface area contributed by atoms with Crippen LogP contribution in [0.15, 0.2) is 24.5 Å². The van der Waals surface area contributed by atoms with Crippen molar-refractivity contribution in [2.24, 2.45) is 5.92 Å². The Kier molecular flexibility index (Phi) is 3.18. The smallest absolute Gasteiger partial charge is 0.249 e. The number of alkyl halides is 3.